The lowest BCUT2D eigenvalue weighted by molar-refractivity contribution is 0.0774. The molecule has 1 aliphatic rings. The van der Waals surface area contributed by atoms with Gasteiger partial charge in [0.05, 0.1) is 6.10 Å². The minimum absolute atomic E-state index is 0.138. The van der Waals surface area contributed by atoms with Crippen LogP contribution in [0, 0.1) is 5.92 Å². The molecule has 0 unspecified atom stereocenters. The SMILES string of the molecule is CC(C)OCCCNC(=O)N/C=C/C1CC1. The van der Waals surface area contributed by atoms with E-state index in [0.29, 0.717) is 19.1 Å². The average Bonchev–Trinajstić information content (AvgIpc) is 3.00. The zero-order chi connectivity index (χ0) is 11.8. The van der Waals surface area contributed by atoms with Crippen LogP contribution in [0.3, 0.4) is 0 Å². The van der Waals surface area contributed by atoms with Gasteiger partial charge in [0.15, 0.2) is 0 Å². The van der Waals surface area contributed by atoms with Crippen molar-refractivity contribution < 1.29 is 9.53 Å². The summed E-state index contributed by atoms with van der Waals surface area (Å²) in [5.74, 6) is 0.694. The van der Waals surface area contributed by atoms with Crippen LogP contribution in [-0.2, 0) is 4.74 Å². The van der Waals surface area contributed by atoms with Gasteiger partial charge >= 0.3 is 6.03 Å². The van der Waals surface area contributed by atoms with E-state index >= 15 is 0 Å². The highest BCUT2D eigenvalue weighted by Gasteiger charge is 2.16. The lowest BCUT2D eigenvalue weighted by Gasteiger charge is -2.07. The molecule has 0 bridgehead atoms. The first-order chi connectivity index (χ1) is 7.68. The summed E-state index contributed by atoms with van der Waals surface area (Å²) in [6.07, 6.45) is 7.39. The van der Waals surface area contributed by atoms with E-state index in [-0.39, 0.29) is 12.1 Å². The highest BCUT2D eigenvalue weighted by molar-refractivity contribution is 5.74. The summed E-state index contributed by atoms with van der Waals surface area (Å²) in [5.41, 5.74) is 0. The van der Waals surface area contributed by atoms with E-state index in [9.17, 15) is 4.79 Å². The quantitative estimate of drug-likeness (QED) is 0.652. The molecule has 92 valence electrons. The fourth-order valence-electron chi connectivity index (χ4n) is 1.19. The van der Waals surface area contributed by atoms with Crippen LogP contribution in [0.2, 0.25) is 0 Å². The third-order valence-electron chi connectivity index (χ3n) is 2.26. The number of rotatable bonds is 7. The fourth-order valence-corrected chi connectivity index (χ4v) is 1.19. The molecule has 0 aromatic rings. The van der Waals surface area contributed by atoms with E-state index in [2.05, 4.69) is 10.6 Å². The maximum Gasteiger partial charge on any atom is 0.318 e. The molecule has 1 aliphatic carbocycles. The van der Waals surface area contributed by atoms with Crippen LogP contribution in [0.4, 0.5) is 4.79 Å². The van der Waals surface area contributed by atoms with Gasteiger partial charge in [-0.15, -0.1) is 0 Å². The maximum atomic E-state index is 11.2. The van der Waals surface area contributed by atoms with Crippen molar-refractivity contribution in [2.75, 3.05) is 13.2 Å². The molecule has 0 aromatic heterocycles. The highest BCUT2D eigenvalue weighted by atomic mass is 16.5. The first kappa shape index (κ1) is 13.0. The Morgan fingerprint density at radius 3 is 2.88 bits per heavy atom. The molecule has 1 saturated carbocycles. The number of carbonyl (C=O) groups is 1. The molecule has 16 heavy (non-hydrogen) atoms. The monoisotopic (exact) mass is 226 g/mol. The second kappa shape index (κ2) is 7.28. The van der Waals surface area contributed by atoms with Crippen LogP contribution in [0.1, 0.15) is 33.1 Å². The van der Waals surface area contributed by atoms with Gasteiger partial charge in [-0.3, -0.25) is 0 Å². The second-order valence-corrected chi connectivity index (χ2v) is 4.37. The van der Waals surface area contributed by atoms with Gasteiger partial charge in [-0.2, -0.15) is 0 Å². The average molecular weight is 226 g/mol. The van der Waals surface area contributed by atoms with Gasteiger partial charge in [-0.1, -0.05) is 6.08 Å². The van der Waals surface area contributed by atoms with Gasteiger partial charge in [0.25, 0.3) is 0 Å². The van der Waals surface area contributed by atoms with Gasteiger partial charge < -0.3 is 15.4 Å². The number of allylic oxidation sites excluding steroid dienone is 1. The Labute approximate surface area is 97.4 Å². The number of ether oxygens (including phenoxy) is 1. The van der Waals surface area contributed by atoms with Crippen molar-refractivity contribution in [3.63, 3.8) is 0 Å². The first-order valence-electron chi connectivity index (χ1n) is 6.01. The van der Waals surface area contributed by atoms with Gasteiger partial charge in [0.2, 0.25) is 0 Å². The standard InChI is InChI=1S/C12H22N2O2/c1-10(2)16-9-3-7-13-12(15)14-8-6-11-4-5-11/h6,8,10-11H,3-5,7,9H2,1-2H3,(H2,13,14,15)/b8-6+. The molecule has 0 atom stereocenters. The van der Waals surface area contributed by atoms with E-state index in [1.54, 1.807) is 6.20 Å². The molecule has 4 heteroatoms. The molecule has 2 N–H and O–H groups in total. The summed E-state index contributed by atoms with van der Waals surface area (Å²) >= 11 is 0. The Bertz CT molecular complexity index is 235. The van der Waals surface area contributed by atoms with Gasteiger partial charge in [-0.25, -0.2) is 4.79 Å². The summed E-state index contributed by atoms with van der Waals surface area (Å²) < 4.78 is 5.36. The largest absolute Gasteiger partial charge is 0.379 e. The van der Waals surface area contributed by atoms with Crippen molar-refractivity contribution in [3.8, 4) is 0 Å². The topological polar surface area (TPSA) is 50.4 Å². The minimum Gasteiger partial charge on any atom is -0.379 e. The number of amides is 2. The maximum absolute atomic E-state index is 11.2. The van der Waals surface area contributed by atoms with E-state index in [0.717, 1.165) is 6.42 Å². The number of urea groups is 1. The van der Waals surface area contributed by atoms with Crippen LogP contribution in [0.15, 0.2) is 12.3 Å². The van der Waals surface area contributed by atoms with Crippen molar-refractivity contribution in [1.82, 2.24) is 10.6 Å². The molecule has 0 spiro atoms. The summed E-state index contributed by atoms with van der Waals surface area (Å²) in [5, 5.41) is 5.45. The zero-order valence-electron chi connectivity index (χ0n) is 10.2. The van der Waals surface area contributed by atoms with Crippen molar-refractivity contribution in [3.05, 3.63) is 12.3 Å². The number of hydrogen-bond acceptors (Lipinski definition) is 2. The molecule has 0 saturated heterocycles. The van der Waals surface area contributed by atoms with Crippen LogP contribution in [-0.4, -0.2) is 25.3 Å². The minimum atomic E-state index is -0.138. The first-order valence-corrected chi connectivity index (χ1v) is 6.01. The Morgan fingerprint density at radius 1 is 1.50 bits per heavy atom. The van der Waals surface area contributed by atoms with Crippen LogP contribution < -0.4 is 10.6 Å². The van der Waals surface area contributed by atoms with Gasteiger partial charge in [0.1, 0.15) is 0 Å². The van der Waals surface area contributed by atoms with E-state index in [1.807, 2.05) is 19.9 Å². The number of carbonyl (C=O) groups excluding carboxylic acids is 1. The summed E-state index contributed by atoms with van der Waals surface area (Å²) in [4.78, 5) is 11.2. The van der Waals surface area contributed by atoms with Crippen molar-refractivity contribution in [2.45, 2.75) is 39.2 Å². The summed E-state index contributed by atoms with van der Waals surface area (Å²) in [7, 11) is 0. The molecule has 1 fully saturated rings. The fraction of sp³-hybridized carbons (Fsp3) is 0.750. The van der Waals surface area contributed by atoms with E-state index in [4.69, 9.17) is 4.74 Å². The molecule has 0 aliphatic heterocycles. The molecule has 4 nitrogen and oxygen atoms in total. The third kappa shape index (κ3) is 7.29. The zero-order valence-corrected chi connectivity index (χ0v) is 10.2. The summed E-state index contributed by atoms with van der Waals surface area (Å²) in [6.45, 7) is 5.34. The van der Waals surface area contributed by atoms with Crippen molar-refractivity contribution in [1.29, 1.82) is 0 Å². The van der Waals surface area contributed by atoms with E-state index < -0.39 is 0 Å². The molecule has 1 rings (SSSR count). The Balaban J connectivity index is 1.89. The number of nitrogens with one attached hydrogen (secondary N) is 2. The van der Waals surface area contributed by atoms with Gasteiger partial charge in [0, 0.05) is 19.4 Å². The molecule has 2 amide bonds. The molecule has 0 heterocycles. The molecule has 0 radical (unpaired) electrons. The molecule has 0 aromatic carbocycles. The predicted molar refractivity (Wildman–Crippen MR) is 64.1 cm³/mol. The van der Waals surface area contributed by atoms with Crippen LogP contribution in [0.5, 0.6) is 0 Å². The Kier molecular flexibility index (Phi) is 5.93. The predicted octanol–water partition coefficient (Wildman–Crippen LogP) is 2.02. The molecular formula is C12H22N2O2. The highest BCUT2D eigenvalue weighted by Crippen LogP contribution is 2.29. The normalized spacial score (nSPS) is 15.7. The van der Waals surface area contributed by atoms with E-state index in [1.165, 1.54) is 12.8 Å². The Hall–Kier alpha value is -1.03. The number of hydrogen-bond donors (Lipinski definition) is 2. The van der Waals surface area contributed by atoms with Crippen LogP contribution >= 0.6 is 0 Å². The third-order valence-corrected chi connectivity index (χ3v) is 2.26. The van der Waals surface area contributed by atoms with Crippen molar-refractivity contribution >= 4 is 6.03 Å². The van der Waals surface area contributed by atoms with Crippen LogP contribution in [0.25, 0.3) is 0 Å². The smallest absolute Gasteiger partial charge is 0.318 e. The Morgan fingerprint density at radius 2 is 2.25 bits per heavy atom. The molecular weight excluding hydrogens is 204 g/mol. The summed E-state index contributed by atoms with van der Waals surface area (Å²) in [6, 6.07) is -0.138. The second-order valence-electron chi connectivity index (χ2n) is 4.37. The lowest BCUT2D eigenvalue weighted by atomic mass is 10.4. The van der Waals surface area contributed by atoms with Gasteiger partial charge in [-0.05, 0) is 39.0 Å². The lowest BCUT2D eigenvalue weighted by Crippen LogP contribution is -2.33. The van der Waals surface area contributed by atoms with Crippen molar-refractivity contribution in [2.24, 2.45) is 5.92 Å².